The SMILES string of the molecule is O=C(NCC1CCS(=O)(=O)C1)c1nc2ccccc2nc1C1CC1. The molecule has 6 nitrogen and oxygen atoms in total. The lowest BCUT2D eigenvalue weighted by molar-refractivity contribution is 0.0942. The van der Waals surface area contributed by atoms with Crippen molar-refractivity contribution in [1.82, 2.24) is 15.3 Å². The fourth-order valence-electron chi connectivity index (χ4n) is 3.18. The van der Waals surface area contributed by atoms with E-state index in [1.165, 1.54) is 0 Å². The van der Waals surface area contributed by atoms with E-state index in [0.717, 1.165) is 24.1 Å². The van der Waals surface area contributed by atoms with Gasteiger partial charge in [-0.05, 0) is 37.3 Å². The molecule has 1 amide bonds. The second-order valence-electron chi connectivity index (χ2n) is 6.70. The van der Waals surface area contributed by atoms with Crippen LogP contribution in [0.5, 0.6) is 0 Å². The lowest BCUT2D eigenvalue weighted by atomic mass is 10.1. The Labute approximate surface area is 140 Å². The summed E-state index contributed by atoms with van der Waals surface area (Å²) in [7, 11) is -2.93. The largest absolute Gasteiger partial charge is 0.350 e. The van der Waals surface area contributed by atoms with Gasteiger partial charge >= 0.3 is 0 Å². The number of rotatable bonds is 4. The topological polar surface area (TPSA) is 89.0 Å². The Morgan fingerprint density at radius 2 is 1.83 bits per heavy atom. The van der Waals surface area contributed by atoms with Crippen LogP contribution in [0.2, 0.25) is 0 Å². The third-order valence-electron chi connectivity index (χ3n) is 4.65. The molecule has 4 rings (SSSR count). The van der Waals surface area contributed by atoms with Crippen molar-refractivity contribution in [1.29, 1.82) is 0 Å². The summed E-state index contributed by atoms with van der Waals surface area (Å²) in [5.41, 5.74) is 2.66. The van der Waals surface area contributed by atoms with Gasteiger partial charge in [0, 0.05) is 12.5 Å². The van der Waals surface area contributed by atoms with Gasteiger partial charge in [-0.25, -0.2) is 18.4 Å². The van der Waals surface area contributed by atoms with Crippen molar-refractivity contribution in [3.8, 4) is 0 Å². The van der Waals surface area contributed by atoms with Crippen molar-refractivity contribution in [2.75, 3.05) is 18.1 Å². The van der Waals surface area contributed by atoms with E-state index in [9.17, 15) is 13.2 Å². The number of nitrogens with one attached hydrogen (secondary N) is 1. The Hall–Kier alpha value is -2.02. The van der Waals surface area contributed by atoms with Gasteiger partial charge in [0.25, 0.3) is 5.91 Å². The zero-order chi connectivity index (χ0) is 16.7. The fraction of sp³-hybridized carbons (Fsp3) is 0.471. The van der Waals surface area contributed by atoms with Crippen LogP contribution in [-0.2, 0) is 9.84 Å². The molecule has 24 heavy (non-hydrogen) atoms. The maximum atomic E-state index is 12.6. The molecule has 126 valence electrons. The summed E-state index contributed by atoms with van der Waals surface area (Å²) < 4.78 is 23.0. The highest BCUT2D eigenvalue weighted by atomic mass is 32.2. The molecule has 2 aromatic rings. The minimum Gasteiger partial charge on any atom is -0.350 e. The first-order valence-electron chi connectivity index (χ1n) is 8.27. The minimum absolute atomic E-state index is 0.00302. The van der Waals surface area contributed by atoms with E-state index in [4.69, 9.17) is 0 Å². The zero-order valence-corrected chi connectivity index (χ0v) is 14.1. The lowest BCUT2D eigenvalue weighted by Gasteiger charge is -2.12. The zero-order valence-electron chi connectivity index (χ0n) is 13.2. The van der Waals surface area contributed by atoms with E-state index in [-0.39, 0.29) is 23.3 Å². The van der Waals surface area contributed by atoms with E-state index >= 15 is 0 Å². The molecule has 2 heterocycles. The van der Waals surface area contributed by atoms with Gasteiger partial charge < -0.3 is 5.32 Å². The Balaban J connectivity index is 1.56. The molecule has 1 saturated heterocycles. The third-order valence-corrected chi connectivity index (χ3v) is 6.49. The molecular weight excluding hydrogens is 326 g/mol. The number of amides is 1. The first-order valence-corrected chi connectivity index (χ1v) is 10.1. The van der Waals surface area contributed by atoms with Crippen molar-refractivity contribution < 1.29 is 13.2 Å². The average Bonchev–Trinajstić information content (AvgIpc) is 3.35. The second kappa shape index (κ2) is 5.81. The molecular formula is C17H19N3O3S. The van der Waals surface area contributed by atoms with Crippen molar-refractivity contribution in [3.63, 3.8) is 0 Å². The molecule has 1 unspecified atom stereocenters. The molecule has 0 bridgehead atoms. The Morgan fingerprint density at radius 1 is 1.12 bits per heavy atom. The van der Waals surface area contributed by atoms with Gasteiger partial charge in [-0.1, -0.05) is 12.1 Å². The first-order chi connectivity index (χ1) is 11.5. The van der Waals surface area contributed by atoms with Crippen LogP contribution >= 0.6 is 0 Å². The molecule has 1 aromatic heterocycles. The van der Waals surface area contributed by atoms with E-state index < -0.39 is 9.84 Å². The summed E-state index contributed by atoms with van der Waals surface area (Å²) in [5.74, 6) is 0.439. The quantitative estimate of drug-likeness (QED) is 0.910. The van der Waals surface area contributed by atoms with Crippen LogP contribution in [-0.4, -0.2) is 42.3 Å². The maximum Gasteiger partial charge on any atom is 0.271 e. The van der Waals surface area contributed by atoms with E-state index in [0.29, 0.717) is 30.1 Å². The molecule has 0 spiro atoms. The Bertz CT molecular complexity index is 906. The highest BCUT2D eigenvalue weighted by Gasteiger charge is 2.32. The van der Waals surface area contributed by atoms with Crippen LogP contribution < -0.4 is 5.32 Å². The molecule has 1 atom stereocenters. The van der Waals surface area contributed by atoms with E-state index in [2.05, 4.69) is 15.3 Å². The predicted molar refractivity (Wildman–Crippen MR) is 90.6 cm³/mol. The second-order valence-corrected chi connectivity index (χ2v) is 8.93. The number of hydrogen-bond acceptors (Lipinski definition) is 5. The Morgan fingerprint density at radius 3 is 2.46 bits per heavy atom. The van der Waals surface area contributed by atoms with E-state index in [1.807, 2.05) is 24.3 Å². The monoisotopic (exact) mass is 345 g/mol. The van der Waals surface area contributed by atoms with Crippen LogP contribution in [0.25, 0.3) is 11.0 Å². The van der Waals surface area contributed by atoms with Crippen LogP contribution in [0.1, 0.15) is 41.4 Å². The highest BCUT2D eigenvalue weighted by Crippen LogP contribution is 2.40. The van der Waals surface area contributed by atoms with Gasteiger partial charge in [0.15, 0.2) is 15.5 Å². The van der Waals surface area contributed by atoms with Crippen molar-refractivity contribution in [2.45, 2.75) is 25.2 Å². The highest BCUT2D eigenvalue weighted by molar-refractivity contribution is 7.91. The van der Waals surface area contributed by atoms with Gasteiger partial charge in [-0.2, -0.15) is 0 Å². The van der Waals surface area contributed by atoms with Gasteiger partial charge in [0.05, 0.1) is 28.2 Å². The smallest absolute Gasteiger partial charge is 0.271 e. The van der Waals surface area contributed by atoms with Crippen LogP contribution in [0, 0.1) is 5.92 Å². The van der Waals surface area contributed by atoms with Crippen LogP contribution in [0.15, 0.2) is 24.3 Å². The van der Waals surface area contributed by atoms with Crippen molar-refractivity contribution in [2.24, 2.45) is 5.92 Å². The lowest BCUT2D eigenvalue weighted by Crippen LogP contribution is -2.31. The normalized spacial score (nSPS) is 22.6. The number of hydrogen-bond donors (Lipinski definition) is 1. The summed E-state index contributed by atoms with van der Waals surface area (Å²) in [6.45, 7) is 0.372. The number of benzene rings is 1. The fourth-order valence-corrected chi connectivity index (χ4v) is 5.04. The van der Waals surface area contributed by atoms with Gasteiger partial charge in [0.2, 0.25) is 0 Å². The van der Waals surface area contributed by atoms with E-state index in [1.54, 1.807) is 0 Å². The summed E-state index contributed by atoms with van der Waals surface area (Å²) in [6, 6.07) is 7.53. The number of carbonyl (C=O) groups is 1. The molecule has 1 saturated carbocycles. The van der Waals surface area contributed by atoms with Crippen molar-refractivity contribution in [3.05, 3.63) is 35.7 Å². The summed E-state index contributed by atoms with van der Waals surface area (Å²) in [5, 5.41) is 2.86. The number of fused-ring (bicyclic) bond motifs is 1. The molecule has 1 aliphatic carbocycles. The number of aromatic nitrogens is 2. The Kier molecular flexibility index (Phi) is 3.75. The first kappa shape index (κ1) is 15.5. The number of sulfone groups is 1. The van der Waals surface area contributed by atoms with Crippen LogP contribution in [0.3, 0.4) is 0 Å². The number of nitrogens with zero attached hydrogens (tertiary/aromatic N) is 2. The molecule has 2 aliphatic rings. The molecule has 1 aliphatic heterocycles. The summed E-state index contributed by atoms with van der Waals surface area (Å²) in [4.78, 5) is 21.8. The van der Waals surface area contributed by atoms with Crippen molar-refractivity contribution >= 4 is 26.8 Å². The molecule has 1 N–H and O–H groups in total. The minimum atomic E-state index is -2.93. The number of para-hydroxylation sites is 2. The molecule has 1 aromatic carbocycles. The maximum absolute atomic E-state index is 12.6. The average molecular weight is 345 g/mol. The predicted octanol–water partition coefficient (Wildman–Crippen LogP) is 1.67. The van der Waals surface area contributed by atoms with Gasteiger partial charge in [-0.15, -0.1) is 0 Å². The van der Waals surface area contributed by atoms with Crippen LogP contribution in [0.4, 0.5) is 0 Å². The molecule has 0 radical (unpaired) electrons. The van der Waals surface area contributed by atoms with Gasteiger partial charge in [-0.3, -0.25) is 4.79 Å². The molecule has 2 fully saturated rings. The van der Waals surface area contributed by atoms with Gasteiger partial charge in [0.1, 0.15) is 0 Å². The summed E-state index contributed by atoms with van der Waals surface area (Å²) in [6.07, 6.45) is 2.68. The standard InChI is InChI=1S/C17H19N3O3S/c21-17(18-9-11-7-8-24(22,23)10-11)16-15(12-5-6-12)19-13-3-1-2-4-14(13)20-16/h1-4,11-12H,5-10H2,(H,18,21). The third kappa shape index (κ3) is 3.13. The molecule has 7 heteroatoms. The summed E-state index contributed by atoms with van der Waals surface area (Å²) >= 11 is 0. The number of carbonyl (C=O) groups excluding carboxylic acids is 1.